The van der Waals surface area contributed by atoms with Gasteiger partial charge in [-0.05, 0) is 36.4 Å². The summed E-state index contributed by atoms with van der Waals surface area (Å²) in [4.78, 5) is 12.9. The van der Waals surface area contributed by atoms with E-state index in [0.29, 0.717) is 22.4 Å². The van der Waals surface area contributed by atoms with Gasteiger partial charge in [-0.25, -0.2) is 4.39 Å². The SMILES string of the molecule is O=C(c1ccc(-c2ccc(F)c(Cl)c2)o1)n1cc(CO)c2ccccc21. The van der Waals surface area contributed by atoms with Gasteiger partial charge in [-0.1, -0.05) is 29.8 Å². The van der Waals surface area contributed by atoms with Crippen LogP contribution in [0.1, 0.15) is 16.1 Å². The number of aromatic nitrogens is 1. The van der Waals surface area contributed by atoms with Crippen molar-refractivity contribution < 1.29 is 18.7 Å². The first kappa shape index (κ1) is 16.6. The predicted molar refractivity (Wildman–Crippen MR) is 96.7 cm³/mol. The molecule has 2 aromatic carbocycles. The molecule has 0 saturated carbocycles. The first-order valence-electron chi connectivity index (χ1n) is 7.88. The molecule has 0 amide bonds. The molecule has 0 unspecified atom stereocenters. The summed E-state index contributed by atoms with van der Waals surface area (Å²) < 4.78 is 20.4. The maximum absolute atomic E-state index is 13.3. The molecule has 0 radical (unpaired) electrons. The Morgan fingerprint density at radius 2 is 1.96 bits per heavy atom. The van der Waals surface area contributed by atoms with Crippen molar-refractivity contribution in [2.45, 2.75) is 6.61 Å². The summed E-state index contributed by atoms with van der Waals surface area (Å²) in [5.41, 5.74) is 1.92. The Morgan fingerprint density at radius 3 is 2.73 bits per heavy atom. The minimum atomic E-state index is -0.520. The molecule has 0 bridgehead atoms. The van der Waals surface area contributed by atoms with Gasteiger partial charge in [0, 0.05) is 22.7 Å². The molecule has 0 fully saturated rings. The smallest absolute Gasteiger partial charge is 0.298 e. The number of nitrogens with zero attached hydrogens (tertiary/aromatic N) is 1. The summed E-state index contributed by atoms with van der Waals surface area (Å²) in [5, 5.41) is 10.3. The number of fused-ring (bicyclic) bond motifs is 1. The van der Waals surface area contributed by atoms with Crippen molar-refractivity contribution in [1.82, 2.24) is 4.57 Å². The van der Waals surface area contributed by atoms with E-state index in [1.165, 1.54) is 22.8 Å². The first-order chi connectivity index (χ1) is 12.6. The van der Waals surface area contributed by atoms with Gasteiger partial charge in [-0.2, -0.15) is 0 Å². The van der Waals surface area contributed by atoms with Crippen LogP contribution in [0.5, 0.6) is 0 Å². The number of rotatable bonds is 3. The lowest BCUT2D eigenvalue weighted by Gasteiger charge is -2.02. The Kier molecular flexibility index (Phi) is 4.11. The van der Waals surface area contributed by atoms with Crippen molar-refractivity contribution in [3.05, 3.63) is 83.0 Å². The van der Waals surface area contributed by atoms with Crippen LogP contribution in [0.15, 0.2) is 65.2 Å². The van der Waals surface area contributed by atoms with Crippen LogP contribution in [0.25, 0.3) is 22.2 Å². The third kappa shape index (κ3) is 2.71. The number of aliphatic hydroxyl groups excluding tert-OH is 1. The average molecular weight is 370 g/mol. The Morgan fingerprint density at radius 1 is 1.15 bits per heavy atom. The highest BCUT2D eigenvalue weighted by atomic mass is 35.5. The number of carbonyl (C=O) groups is 1. The molecule has 26 heavy (non-hydrogen) atoms. The lowest BCUT2D eigenvalue weighted by atomic mass is 10.2. The van der Waals surface area contributed by atoms with E-state index in [1.54, 1.807) is 24.4 Å². The van der Waals surface area contributed by atoms with E-state index in [9.17, 15) is 14.3 Å². The number of benzene rings is 2. The van der Waals surface area contributed by atoms with Gasteiger partial charge in [0.25, 0.3) is 5.91 Å². The number of hydrogen-bond acceptors (Lipinski definition) is 3. The summed E-state index contributed by atoms with van der Waals surface area (Å²) in [5.74, 6) is -0.339. The zero-order valence-electron chi connectivity index (χ0n) is 13.4. The zero-order valence-corrected chi connectivity index (χ0v) is 14.2. The number of carbonyl (C=O) groups excluding carboxylic acids is 1. The molecule has 4 nitrogen and oxygen atoms in total. The van der Waals surface area contributed by atoms with E-state index in [1.807, 2.05) is 18.2 Å². The van der Waals surface area contributed by atoms with Crippen LogP contribution < -0.4 is 0 Å². The lowest BCUT2D eigenvalue weighted by Crippen LogP contribution is -2.09. The topological polar surface area (TPSA) is 55.4 Å². The van der Waals surface area contributed by atoms with E-state index in [-0.39, 0.29) is 23.3 Å². The molecule has 2 aromatic heterocycles. The maximum Gasteiger partial charge on any atom is 0.298 e. The van der Waals surface area contributed by atoms with Crippen molar-refractivity contribution in [2.24, 2.45) is 0 Å². The molecule has 6 heteroatoms. The third-order valence-corrected chi connectivity index (χ3v) is 4.49. The highest BCUT2D eigenvalue weighted by molar-refractivity contribution is 6.31. The van der Waals surface area contributed by atoms with Gasteiger partial charge in [0.1, 0.15) is 11.6 Å². The fraction of sp³-hybridized carbons (Fsp3) is 0.0500. The molecular formula is C20H13ClFNO3. The fourth-order valence-corrected chi connectivity index (χ4v) is 3.10. The quantitative estimate of drug-likeness (QED) is 0.560. The molecule has 0 aliphatic heterocycles. The second kappa shape index (κ2) is 6.44. The second-order valence-corrected chi connectivity index (χ2v) is 6.20. The molecule has 4 rings (SSSR count). The Balaban J connectivity index is 1.74. The number of halogens is 2. The van der Waals surface area contributed by atoms with Gasteiger partial charge >= 0.3 is 0 Å². The van der Waals surface area contributed by atoms with Crippen LogP contribution in [0.2, 0.25) is 5.02 Å². The highest BCUT2D eigenvalue weighted by Gasteiger charge is 2.18. The van der Waals surface area contributed by atoms with E-state index in [4.69, 9.17) is 16.0 Å². The Hall–Kier alpha value is -2.89. The van der Waals surface area contributed by atoms with E-state index in [0.717, 1.165) is 5.39 Å². The highest BCUT2D eigenvalue weighted by Crippen LogP contribution is 2.28. The van der Waals surface area contributed by atoms with Crippen LogP contribution in [0.4, 0.5) is 4.39 Å². The minimum Gasteiger partial charge on any atom is -0.451 e. The molecular weight excluding hydrogens is 357 g/mol. The molecule has 130 valence electrons. The summed E-state index contributed by atoms with van der Waals surface area (Å²) in [6.07, 6.45) is 1.60. The number of hydrogen-bond donors (Lipinski definition) is 1. The molecule has 2 heterocycles. The molecule has 4 aromatic rings. The molecule has 0 atom stereocenters. The summed E-state index contributed by atoms with van der Waals surface area (Å²) in [6.45, 7) is -0.168. The van der Waals surface area contributed by atoms with Gasteiger partial charge in [0.15, 0.2) is 5.76 Å². The van der Waals surface area contributed by atoms with Gasteiger partial charge in [-0.3, -0.25) is 9.36 Å². The summed E-state index contributed by atoms with van der Waals surface area (Å²) in [6, 6.07) is 14.7. The Bertz CT molecular complexity index is 1130. The Labute approximate surface area is 153 Å². The number of aliphatic hydroxyl groups is 1. The van der Waals surface area contributed by atoms with Gasteiger partial charge in [-0.15, -0.1) is 0 Å². The van der Waals surface area contributed by atoms with E-state index >= 15 is 0 Å². The molecule has 1 N–H and O–H groups in total. The zero-order chi connectivity index (χ0) is 18.3. The van der Waals surface area contributed by atoms with E-state index < -0.39 is 5.82 Å². The van der Waals surface area contributed by atoms with E-state index in [2.05, 4.69) is 0 Å². The maximum atomic E-state index is 13.3. The van der Waals surface area contributed by atoms with Crippen LogP contribution in [-0.2, 0) is 6.61 Å². The third-order valence-electron chi connectivity index (χ3n) is 4.20. The lowest BCUT2D eigenvalue weighted by molar-refractivity contribution is 0.0938. The van der Waals surface area contributed by atoms with Gasteiger partial charge in [0.2, 0.25) is 0 Å². The van der Waals surface area contributed by atoms with Crippen LogP contribution in [-0.4, -0.2) is 15.6 Å². The largest absolute Gasteiger partial charge is 0.451 e. The van der Waals surface area contributed by atoms with Crippen molar-refractivity contribution in [3.63, 3.8) is 0 Å². The fourth-order valence-electron chi connectivity index (χ4n) is 2.92. The van der Waals surface area contributed by atoms with Crippen LogP contribution in [0, 0.1) is 5.82 Å². The van der Waals surface area contributed by atoms with Crippen molar-refractivity contribution in [2.75, 3.05) is 0 Å². The molecule has 0 saturated heterocycles. The molecule has 0 aliphatic rings. The van der Waals surface area contributed by atoms with Crippen molar-refractivity contribution >= 4 is 28.4 Å². The van der Waals surface area contributed by atoms with Crippen LogP contribution >= 0.6 is 11.6 Å². The molecule has 0 spiro atoms. The van der Waals surface area contributed by atoms with Gasteiger partial charge in [0.05, 0.1) is 17.1 Å². The summed E-state index contributed by atoms with van der Waals surface area (Å²) >= 11 is 5.80. The predicted octanol–water partition coefficient (Wildman–Crippen LogP) is 4.87. The van der Waals surface area contributed by atoms with Gasteiger partial charge < -0.3 is 9.52 Å². The monoisotopic (exact) mass is 369 g/mol. The standard InChI is InChI=1S/C20H13ClFNO3/c21-15-9-12(5-6-16(15)22)18-7-8-19(26-18)20(25)23-10-13(11-24)14-3-1-2-4-17(14)23/h1-10,24H,11H2. The first-order valence-corrected chi connectivity index (χ1v) is 8.26. The normalized spacial score (nSPS) is 11.2. The van der Waals surface area contributed by atoms with Crippen molar-refractivity contribution in [3.8, 4) is 11.3 Å². The molecule has 0 aliphatic carbocycles. The average Bonchev–Trinajstić information content (AvgIpc) is 3.28. The number of furan rings is 1. The van der Waals surface area contributed by atoms with Crippen molar-refractivity contribution in [1.29, 1.82) is 0 Å². The number of para-hydroxylation sites is 1. The summed E-state index contributed by atoms with van der Waals surface area (Å²) in [7, 11) is 0. The van der Waals surface area contributed by atoms with Crippen LogP contribution in [0.3, 0.4) is 0 Å². The minimum absolute atomic E-state index is 0.0178. The second-order valence-electron chi connectivity index (χ2n) is 5.80.